The molecule has 0 radical (unpaired) electrons. The lowest BCUT2D eigenvalue weighted by atomic mass is 10.0. The van der Waals surface area contributed by atoms with Crippen molar-refractivity contribution in [2.75, 3.05) is 13.2 Å². The zero-order valence-electron chi connectivity index (χ0n) is 18.9. The number of imidazole rings is 1. The van der Waals surface area contributed by atoms with Crippen LogP contribution in [-0.4, -0.2) is 81.2 Å². The van der Waals surface area contributed by atoms with Crippen LogP contribution in [0.5, 0.6) is 0 Å². The van der Waals surface area contributed by atoms with Crippen molar-refractivity contribution < 1.29 is 29.4 Å². The Bertz CT molecular complexity index is 771. The van der Waals surface area contributed by atoms with E-state index in [1.165, 1.54) is 12.5 Å². The molecule has 3 amide bonds. The van der Waals surface area contributed by atoms with Crippen LogP contribution in [0.4, 0.5) is 0 Å². The predicted octanol–water partition coefficient (Wildman–Crippen LogP) is -2.40. The number of amides is 3. The summed E-state index contributed by atoms with van der Waals surface area (Å²) >= 11 is 0. The van der Waals surface area contributed by atoms with E-state index in [4.69, 9.17) is 16.6 Å². The number of hydrogen-bond acceptors (Lipinski definition) is 8. The molecule has 0 saturated carbocycles. The van der Waals surface area contributed by atoms with Crippen molar-refractivity contribution in [3.63, 3.8) is 0 Å². The molecule has 0 fully saturated rings. The number of aliphatic hydroxyl groups is 1. The van der Waals surface area contributed by atoms with Gasteiger partial charge in [-0.05, 0) is 31.7 Å². The summed E-state index contributed by atoms with van der Waals surface area (Å²) in [7, 11) is 0. The number of hydrogen-bond donors (Lipinski definition) is 8. The Morgan fingerprint density at radius 2 is 1.73 bits per heavy atom. The molecule has 0 bridgehead atoms. The van der Waals surface area contributed by atoms with Gasteiger partial charge in [0.25, 0.3) is 0 Å². The van der Waals surface area contributed by atoms with E-state index < -0.39 is 54.5 Å². The molecule has 186 valence electrons. The number of nitrogens with two attached hydrogens (primary N) is 2. The Balaban J connectivity index is 2.99. The van der Waals surface area contributed by atoms with E-state index in [1.807, 2.05) is 0 Å². The quantitative estimate of drug-likeness (QED) is 0.128. The van der Waals surface area contributed by atoms with E-state index in [2.05, 4.69) is 25.9 Å². The third-order valence-electron chi connectivity index (χ3n) is 4.95. The highest BCUT2D eigenvalue weighted by atomic mass is 16.4. The molecule has 0 aromatic carbocycles. The smallest absolute Gasteiger partial charge is 0.326 e. The van der Waals surface area contributed by atoms with E-state index in [0.717, 1.165) is 0 Å². The Hall–Kier alpha value is -3.03. The number of carbonyl (C=O) groups is 4. The molecule has 0 aliphatic carbocycles. The SMILES string of the molecule is CC(C)C(NC(=O)C(N)CO)C(=O)NC(Cc1cnc[nH]1)C(=O)NC(CCCCN)C(=O)O. The van der Waals surface area contributed by atoms with Gasteiger partial charge in [0, 0.05) is 18.3 Å². The molecule has 0 aliphatic rings. The number of nitrogens with zero attached hydrogens (tertiary/aromatic N) is 1. The summed E-state index contributed by atoms with van der Waals surface area (Å²) in [4.78, 5) is 56.2. The minimum Gasteiger partial charge on any atom is -0.480 e. The second kappa shape index (κ2) is 14.2. The van der Waals surface area contributed by atoms with Crippen LogP contribution in [0.2, 0.25) is 0 Å². The van der Waals surface area contributed by atoms with Crippen LogP contribution < -0.4 is 27.4 Å². The predicted molar refractivity (Wildman–Crippen MR) is 119 cm³/mol. The standard InChI is InChI=1S/C20H35N7O6/c1-11(2)16(27-17(29)13(22)9-28)19(31)26-15(7-12-8-23-10-24-12)18(30)25-14(20(32)33)5-3-4-6-21/h8,10-11,13-16,28H,3-7,9,21-22H2,1-2H3,(H,23,24)(H,25,30)(H,26,31)(H,27,29)(H,32,33). The highest BCUT2D eigenvalue weighted by Crippen LogP contribution is 2.07. The third kappa shape index (κ3) is 9.55. The molecule has 0 aliphatic heterocycles. The van der Waals surface area contributed by atoms with Gasteiger partial charge >= 0.3 is 5.97 Å². The lowest BCUT2D eigenvalue weighted by Crippen LogP contribution is -2.59. The molecule has 4 atom stereocenters. The van der Waals surface area contributed by atoms with Gasteiger partial charge in [-0.25, -0.2) is 9.78 Å². The molecule has 33 heavy (non-hydrogen) atoms. The summed E-state index contributed by atoms with van der Waals surface area (Å²) in [5, 5.41) is 26.0. The lowest BCUT2D eigenvalue weighted by Gasteiger charge is -2.26. The van der Waals surface area contributed by atoms with Crippen molar-refractivity contribution in [2.45, 2.75) is 63.7 Å². The number of aromatic nitrogens is 2. The molecular formula is C20H35N7O6. The molecule has 0 saturated heterocycles. The molecular weight excluding hydrogens is 434 g/mol. The van der Waals surface area contributed by atoms with Crippen molar-refractivity contribution in [1.82, 2.24) is 25.9 Å². The number of carboxylic acid groups (broad SMARTS) is 1. The first-order chi connectivity index (χ1) is 15.6. The Kier molecular flexibility index (Phi) is 12.0. The van der Waals surface area contributed by atoms with Crippen LogP contribution in [0.15, 0.2) is 12.5 Å². The number of aliphatic hydroxyl groups excluding tert-OH is 1. The van der Waals surface area contributed by atoms with Crippen molar-refractivity contribution in [3.05, 3.63) is 18.2 Å². The van der Waals surface area contributed by atoms with Crippen LogP contribution in [0.25, 0.3) is 0 Å². The Labute approximate surface area is 192 Å². The summed E-state index contributed by atoms with van der Waals surface area (Å²) in [5.41, 5.74) is 11.5. The van der Waals surface area contributed by atoms with E-state index in [9.17, 15) is 24.3 Å². The first-order valence-corrected chi connectivity index (χ1v) is 10.8. The maximum absolute atomic E-state index is 12.9. The molecule has 0 spiro atoms. The normalized spacial score (nSPS) is 14.7. The first kappa shape index (κ1) is 28.0. The second-order valence-corrected chi connectivity index (χ2v) is 8.05. The summed E-state index contributed by atoms with van der Waals surface area (Å²) < 4.78 is 0. The third-order valence-corrected chi connectivity index (χ3v) is 4.95. The van der Waals surface area contributed by atoms with Gasteiger partial charge in [0.05, 0.1) is 12.9 Å². The van der Waals surface area contributed by atoms with Gasteiger partial charge in [-0.3, -0.25) is 14.4 Å². The number of aromatic amines is 1. The van der Waals surface area contributed by atoms with Gasteiger partial charge < -0.3 is 42.6 Å². The molecule has 1 heterocycles. The molecule has 1 rings (SSSR count). The van der Waals surface area contributed by atoms with Crippen LogP contribution in [0, 0.1) is 5.92 Å². The summed E-state index contributed by atoms with van der Waals surface area (Å²) in [6.45, 7) is 3.19. The number of rotatable bonds is 15. The Morgan fingerprint density at radius 1 is 1.06 bits per heavy atom. The number of carboxylic acids is 1. The summed E-state index contributed by atoms with van der Waals surface area (Å²) in [6, 6.07) is -4.52. The van der Waals surface area contributed by atoms with E-state index >= 15 is 0 Å². The van der Waals surface area contributed by atoms with Crippen molar-refractivity contribution >= 4 is 23.7 Å². The minimum atomic E-state index is -1.20. The molecule has 13 heteroatoms. The average Bonchev–Trinajstić information content (AvgIpc) is 3.28. The van der Waals surface area contributed by atoms with Crippen molar-refractivity contribution in [3.8, 4) is 0 Å². The Morgan fingerprint density at radius 3 is 2.24 bits per heavy atom. The summed E-state index contributed by atoms with van der Waals surface area (Å²) in [5.74, 6) is -3.63. The average molecular weight is 470 g/mol. The van der Waals surface area contributed by atoms with E-state index in [0.29, 0.717) is 25.1 Å². The van der Waals surface area contributed by atoms with Gasteiger partial charge in [-0.1, -0.05) is 13.8 Å². The lowest BCUT2D eigenvalue weighted by molar-refractivity contribution is -0.142. The van der Waals surface area contributed by atoms with E-state index in [-0.39, 0.29) is 18.8 Å². The molecule has 1 aromatic rings. The highest BCUT2D eigenvalue weighted by Gasteiger charge is 2.31. The molecule has 13 nitrogen and oxygen atoms in total. The fraction of sp³-hybridized carbons (Fsp3) is 0.650. The number of nitrogens with one attached hydrogen (secondary N) is 4. The maximum atomic E-state index is 12.9. The fourth-order valence-corrected chi connectivity index (χ4v) is 2.99. The van der Waals surface area contributed by atoms with Gasteiger partial charge in [0.2, 0.25) is 17.7 Å². The first-order valence-electron chi connectivity index (χ1n) is 10.8. The molecule has 4 unspecified atom stereocenters. The zero-order chi connectivity index (χ0) is 25.0. The van der Waals surface area contributed by atoms with Gasteiger partial charge in [-0.15, -0.1) is 0 Å². The monoisotopic (exact) mass is 469 g/mol. The fourth-order valence-electron chi connectivity index (χ4n) is 2.99. The van der Waals surface area contributed by atoms with Crippen LogP contribution in [0.1, 0.15) is 38.8 Å². The number of unbranched alkanes of at least 4 members (excludes halogenated alkanes) is 1. The van der Waals surface area contributed by atoms with Gasteiger partial charge in [0.15, 0.2) is 0 Å². The number of aliphatic carboxylic acids is 1. The van der Waals surface area contributed by atoms with Crippen LogP contribution in [-0.2, 0) is 25.6 Å². The minimum absolute atomic E-state index is 0.0155. The maximum Gasteiger partial charge on any atom is 0.326 e. The van der Waals surface area contributed by atoms with Crippen LogP contribution >= 0.6 is 0 Å². The van der Waals surface area contributed by atoms with Gasteiger partial charge in [0.1, 0.15) is 24.2 Å². The van der Waals surface area contributed by atoms with Gasteiger partial charge in [-0.2, -0.15) is 0 Å². The highest BCUT2D eigenvalue weighted by molar-refractivity contribution is 5.94. The van der Waals surface area contributed by atoms with Crippen LogP contribution in [0.3, 0.4) is 0 Å². The molecule has 1 aromatic heterocycles. The number of H-pyrrole nitrogens is 1. The summed E-state index contributed by atoms with van der Waals surface area (Å²) in [6.07, 6.45) is 4.21. The van der Waals surface area contributed by atoms with Crippen molar-refractivity contribution in [1.29, 1.82) is 0 Å². The van der Waals surface area contributed by atoms with E-state index in [1.54, 1.807) is 13.8 Å². The molecule has 10 N–H and O–H groups in total. The second-order valence-electron chi connectivity index (χ2n) is 8.05. The zero-order valence-corrected chi connectivity index (χ0v) is 18.9. The topological polar surface area (TPSA) is 226 Å². The largest absolute Gasteiger partial charge is 0.480 e. The number of carbonyl (C=O) groups excluding carboxylic acids is 3. The van der Waals surface area contributed by atoms with Crippen molar-refractivity contribution in [2.24, 2.45) is 17.4 Å².